The number of aromatic nitrogens is 4. The van der Waals surface area contributed by atoms with E-state index in [-0.39, 0.29) is 18.0 Å². The van der Waals surface area contributed by atoms with Gasteiger partial charge in [-0.2, -0.15) is 9.36 Å². The Kier molecular flexibility index (Phi) is 4.61. The summed E-state index contributed by atoms with van der Waals surface area (Å²) in [4.78, 5) is 23.0. The Morgan fingerprint density at radius 1 is 1.19 bits per heavy atom. The number of nitro groups is 1. The van der Waals surface area contributed by atoms with Crippen molar-refractivity contribution in [2.75, 3.05) is 0 Å². The van der Waals surface area contributed by atoms with Gasteiger partial charge in [0, 0.05) is 11.6 Å². The summed E-state index contributed by atoms with van der Waals surface area (Å²) >= 11 is 0. The van der Waals surface area contributed by atoms with E-state index in [0.717, 1.165) is 5.56 Å². The van der Waals surface area contributed by atoms with Gasteiger partial charge in [-0.05, 0) is 53.6 Å². The van der Waals surface area contributed by atoms with Crippen LogP contribution in [0.5, 0.6) is 0 Å². The average Bonchev–Trinajstić information content (AvgIpc) is 2.95. The summed E-state index contributed by atoms with van der Waals surface area (Å²) in [6.07, 6.45) is 0. The molecule has 0 aliphatic heterocycles. The Balaban J connectivity index is 1.85. The maximum atomic E-state index is 13.0. The minimum Gasteiger partial charge on any atom is -0.258 e. The molecule has 2 aromatic carbocycles. The molecule has 1 heterocycles. The number of hydrogen-bond donors (Lipinski definition) is 0. The van der Waals surface area contributed by atoms with Crippen molar-refractivity contribution in [3.05, 3.63) is 85.6 Å². The Hall–Kier alpha value is -3.36. The first-order valence-electron chi connectivity index (χ1n) is 7.88. The molecule has 134 valence electrons. The maximum absolute atomic E-state index is 13.0. The van der Waals surface area contributed by atoms with Gasteiger partial charge in [0.05, 0.1) is 17.5 Å². The fraction of sp³-hybridized carbons (Fsp3) is 0.235. The Bertz CT molecular complexity index is 1010. The monoisotopic (exact) mass is 357 g/mol. The number of nitro benzene ring substituents is 1. The van der Waals surface area contributed by atoms with Crippen LogP contribution in [0.4, 0.5) is 10.1 Å². The number of benzene rings is 2. The second kappa shape index (κ2) is 6.87. The molecule has 1 atom stereocenters. The topological polar surface area (TPSA) is 95.8 Å². The fourth-order valence-corrected chi connectivity index (χ4v) is 2.70. The zero-order valence-corrected chi connectivity index (χ0v) is 14.2. The quantitative estimate of drug-likeness (QED) is 0.516. The van der Waals surface area contributed by atoms with E-state index in [2.05, 4.69) is 10.4 Å². The van der Waals surface area contributed by atoms with Crippen molar-refractivity contribution in [1.82, 2.24) is 19.8 Å². The number of tetrazole rings is 1. The van der Waals surface area contributed by atoms with Gasteiger partial charge in [-0.3, -0.25) is 10.1 Å². The molecule has 0 saturated heterocycles. The molecule has 1 unspecified atom stereocenters. The highest BCUT2D eigenvalue weighted by atomic mass is 19.1. The van der Waals surface area contributed by atoms with Crippen LogP contribution >= 0.6 is 0 Å². The van der Waals surface area contributed by atoms with E-state index in [1.165, 1.54) is 27.6 Å². The molecular weight excluding hydrogens is 341 g/mol. The Morgan fingerprint density at radius 3 is 2.50 bits per heavy atom. The third kappa shape index (κ3) is 3.37. The lowest BCUT2D eigenvalue weighted by atomic mass is 10.1. The predicted octanol–water partition coefficient (Wildman–Crippen LogP) is 2.45. The SMILES string of the molecule is Cc1cc(Cn2nnn(C(C)c3ccc(F)cc3)c2=O)ccc1[N+](=O)[O-]. The van der Waals surface area contributed by atoms with E-state index in [1.54, 1.807) is 38.1 Å². The highest BCUT2D eigenvalue weighted by molar-refractivity contribution is 5.41. The van der Waals surface area contributed by atoms with Crippen LogP contribution in [0.1, 0.15) is 29.7 Å². The van der Waals surface area contributed by atoms with Gasteiger partial charge in [-0.15, -0.1) is 0 Å². The Morgan fingerprint density at radius 2 is 1.88 bits per heavy atom. The molecule has 0 N–H and O–H groups in total. The van der Waals surface area contributed by atoms with Gasteiger partial charge in [0.2, 0.25) is 0 Å². The van der Waals surface area contributed by atoms with Gasteiger partial charge in [0.25, 0.3) is 5.69 Å². The first-order valence-corrected chi connectivity index (χ1v) is 7.88. The van der Waals surface area contributed by atoms with Gasteiger partial charge >= 0.3 is 5.69 Å². The lowest BCUT2D eigenvalue weighted by Gasteiger charge is -2.10. The van der Waals surface area contributed by atoms with E-state index < -0.39 is 16.7 Å². The highest BCUT2D eigenvalue weighted by Gasteiger charge is 2.16. The first kappa shape index (κ1) is 17.5. The molecule has 3 rings (SSSR count). The summed E-state index contributed by atoms with van der Waals surface area (Å²) in [7, 11) is 0. The minimum absolute atomic E-state index is 0.0229. The van der Waals surface area contributed by atoms with Gasteiger partial charge in [-0.1, -0.05) is 18.2 Å². The van der Waals surface area contributed by atoms with E-state index >= 15 is 0 Å². The van der Waals surface area contributed by atoms with Crippen LogP contribution in [0.2, 0.25) is 0 Å². The smallest absolute Gasteiger partial charge is 0.258 e. The van der Waals surface area contributed by atoms with Crippen LogP contribution in [0, 0.1) is 22.9 Å². The zero-order valence-electron chi connectivity index (χ0n) is 14.2. The molecule has 9 heteroatoms. The van der Waals surface area contributed by atoms with Crippen molar-refractivity contribution in [2.45, 2.75) is 26.4 Å². The third-order valence-corrected chi connectivity index (χ3v) is 4.17. The maximum Gasteiger partial charge on any atom is 0.364 e. The van der Waals surface area contributed by atoms with E-state index in [4.69, 9.17) is 0 Å². The second-order valence-corrected chi connectivity index (χ2v) is 5.97. The van der Waals surface area contributed by atoms with Crippen LogP contribution in [-0.2, 0) is 6.54 Å². The van der Waals surface area contributed by atoms with Crippen LogP contribution in [-0.4, -0.2) is 24.7 Å². The summed E-state index contributed by atoms with van der Waals surface area (Å²) < 4.78 is 15.4. The van der Waals surface area contributed by atoms with E-state index in [9.17, 15) is 19.3 Å². The first-order chi connectivity index (χ1) is 12.4. The summed E-state index contributed by atoms with van der Waals surface area (Å²) in [5.74, 6) is -0.356. The molecule has 0 spiro atoms. The summed E-state index contributed by atoms with van der Waals surface area (Å²) in [6, 6.07) is 10.0. The number of rotatable bonds is 5. The molecule has 0 saturated carbocycles. The van der Waals surface area contributed by atoms with E-state index in [0.29, 0.717) is 11.1 Å². The highest BCUT2D eigenvalue weighted by Crippen LogP contribution is 2.19. The van der Waals surface area contributed by atoms with Gasteiger partial charge < -0.3 is 0 Å². The van der Waals surface area contributed by atoms with Crippen LogP contribution < -0.4 is 5.69 Å². The van der Waals surface area contributed by atoms with Gasteiger partial charge in [0.15, 0.2) is 0 Å². The zero-order chi connectivity index (χ0) is 18.8. The van der Waals surface area contributed by atoms with Crippen molar-refractivity contribution in [1.29, 1.82) is 0 Å². The van der Waals surface area contributed by atoms with Gasteiger partial charge in [-0.25, -0.2) is 9.18 Å². The predicted molar refractivity (Wildman–Crippen MR) is 91.4 cm³/mol. The van der Waals surface area contributed by atoms with Gasteiger partial charge in [0.1, 0.15) is 5.82 Å². The van der Waals surface area contributed by atoms with E-state index in [1.807, 2.05) is 0 Å². The summed E-state index contributed by atoms with van der Waals surface area (Å²) in [6.45, 7) is 3.55. The third-order valence-electron chi connectivity index (χ3n) is 4.17. The molecule has 1 aromatic heterocycles. The number of hydrogen-bond acceptors (Lipinski definition) is 5. The van der Waals surface area contributed by atoms with Crippen molar-refractivity contribution >= 4 is 5.69 Å². The van der Waals surface area contributed by atoms with Crippen LogP contribution in [0.15, 0.2) is 47.3 Å². The Labute approximate surface area is 147 Å². The molecule has 3 aromatic rings. The molecule has 0 amide bonds. The number of nitrogens with zero attached hydrogens (tertiary/aromatic N) is 5. The number of halogens is 1. The van der Waals surface area contributed by atoms with Crippen molar-refractivity contribution < 1.29 is 9.31 Å². The lowest BCUT2D eigenvalue weighted by molar-refractivity contribution is -0.385. The van der Waals surface area contributed by atoms with Crippen molar-refractivity contribution in [2.24, 2.45) is 0 Å². The lowest BCUT2D eigenvalue weighted by Crippen LogP contribution is -2.28. The minimum atomic E-state index is -0.452. The summed E-state index contributed by atoms with van der Waals surface area (Å²) in [5.41, 5.74) is 1.54. The molecule has 0 radical (unpaired) electrons. The largest absolute Gasteiger partial charge is 0.364 e. The molecule has 26 heavy (non-hydrogen) atoms. The fourth-order valence-electron chi connectivity index (χ4n) is 2.70. The molecule has 0 aliphatic carbocycles. The molecule has 8 nitrogen and oxygen atoms in total. The van der Waals surface area contributed by atoms with Crippen LogP contribution in [0.25, 0.3) is 0 Å². The molecule has 0 bridgehead atoms. The molecular formula is C17H16FN5O3. The van der Waals surface area contributed by atoms with Crippen molar-refractivity contribution in [3.63, 3.8) is 0 Å². The number of aryl methyl sites for hydroxylation is 1. The average molecular weight is 357 g/mol. The summed E-state index contributed by atoms with van der Waals surface area (Å²) in [5, 5.41) is 18.6. The molecule has 0 fully saturated rings. The molecule has 0 aliphatic rings. The second-order valence-electron chi connectivity index (χ2n) is 5.97. The normalized spacial score (nSPS) is 12.1. The van der Waals surface area contributed by atoms with Crippen LogP contribution in [0.3, 0.4) is 0 Å². The standard InChI is InChI=1S/C17H16FN5O3/c1-11-9-13(3-8-16(11)23(25)26)10-21-17(24)22(20-19-21)12(2)14-4-6-15(18)7-5-14/h3-9,12H,10H2,1-2H3. The van der Waals surface area contributed by atoms with Crippen molar-refractivity contribution in [3.8, 4) is 0 Å².